The average molecular weight is 637 g/mol. The molecular formula is C36H32N2O7S. The lowest BCUT2D eigenvalue weighted by Crippen LogP contribution is -2.40. The Hall–Kier alpha value is -5.22. The van der Waals surface area contributed by atoms with Crippen molar-refractivity contribution in [3.8, 4) is 17.1 Å². The molecule has 6 rings (SSSR count). The quantitative estimate of drug-likeness (QED) is 0.189. The lowest BCUT2D eigenvalue weighted by molar-refractivity contribution is -0.139. The largest absolute Gasteiger partial charge is 0.496 e. The van der Waals surface area contributed by atoms with Crippen molar-refractivity contribution < 1.29 is 28.2 Å². The van der Waals surface area contributed by atoms with Gasteiger partial charge in [-0.15, -0.1) is 0 Å². The monoisotopic (exact) mass is 636 g/mol. The van der Waals surface area contributed by atoms with Crippen LogP contribution in [-0.4, -0.2) is 37.3 Å². The predicted molar refractivity (Wildman–Crippen MR) is 176 cm³/mol. The standard InChI is InChI=1S/C36H32N2O7S/c1-5-10-26-31(35(41)44-6-2)32(30-25-14-8-7-11-21(25)15-17-28(30)42-3)38-33(39)29(46-36(38)37-26)20-24-16-18-27(45-24)22-12-9-13-23(19-22)34(40)43-4/h7-9,11-20,32H,5-6,10H2,1-4H3/b29-20-. The molecule has 0 saturated heterocycles. The van der Waals surface area contributed by atoms with Gasteiger partial charge in [0.1, 0.15) is 23.3 Å². The molecule has 234 valence electrons. The van der Waals surface area contributed by atoms with E-state index < -0.39 is 18.0 Å². The first kappa shape index (κ1) is 30.8. The van der Waals surface area contributed by atoms with E-state index in [9.17, 15) is 14.4 Å². The summed E-state index contributed by atoms with van der Waals surface area (Å²) in [6.45, 7) is 3.95. The summed E-state index contributed by atoms with van der Waals surface area (Å²) in [5.41, 5.74) is 2.35. The number of nitrogens with zero attached hydrogens (tertiary/aromatic N) is 2. The molecule has 0 aliphatic carbocycles. The van der Waals surface area contributed by atoms with Gasteiger partial charge in [0.25, 0.3) is 5.56 Å². The minimum atomic E-state index is -0.840. The van der Waals surface area contributed by atoms with Gasteiger partial charge in [-0.1, -0.05) is 67.1 Å². The van der Waals surface area contributed by atoms with Gasteiger partial charge in [0.2, 0.25) is 0 Å². The van der Waals surface area contributed by atoms with E-state index in [-0.39, 0.29) is 12.2 Å². The van der Waals surface area contributed by atoms with Crippen LogP contribution >= 0.6 is 11.3 Å². The lowest BCUT2D eigenvalue weighted by atomic mass is 9.90. The van der Waals surface area contributed by atoms with Crippen molar-refractivity contribution in [2.24, 2.45) is 4.99 Å². The molecule has 0 spiro atoms. The predicted octanol–water partition coefficient (Wildman–Crippen LogP) is 5.79. The minimum Gasteiger partial charge on any atom is -0.496 e. The lowest BCUT2D eigenvalue weighted by Gasteiger charge is -2.28. The molecule has 1 aliphatic rings. The number of aromatic nitrogens is 1. The van der Waals surface area contributed by atoms with Gasteiger partial charge in [-0.3, -0.25) is 9.36 Å². The number of rotatable bonds is 9. The molecule has 0 saturated carbocycles. The number of furan rings is 1. The highest BCUT2D eigenvalue weighted by atomic mass is 32.1. The molecule has 1 aliphatic heterocycles. The molecule has 46 heavy (non-hydrogen) atoms. The fourth-order valence-corrected chi connectivity index (χ4v) is 6.76. The van der Waals surface area contributed by atoms with Gasteiger partial charge in [0.15, 0.2) is 4.80 Å². The maximum absolute atomic E-state index is 14.3. The molecule has 1 atom stereocenters. The van der Waals surface area contributed by atoms with E-state index >= 15 is 0 Å². The highest BCUT2D eigenvalue weighted by Crippen LogP contribution is 2.41. The van der Waals surface area contributed by atoms with E-state index in [1.807, 2.05) is 49.4 Å². The number of thiazole rings is 1. The maximum atomic E-state index is 14.3. The van der Waals surface area contributed by atoms with E-state index in [1.165, 1.54) is 18.4 Å². The summed E-state index contributed by atoms with van der Waals surface area (Å²) in [6, 6.07) is 21.2. The molecule has 9 nitrogen and oxygen atoms in total. The number of allylic oxidation sites excluding steroid dienone is 1. The molecule has 10 heteroatoms. The van der Waals surface area contributed by atoms with Gasteiger partial charge >= 0.3 is 11.9 Å². The number of esters is 2. The number of carbonyl (C=O) groups is 2. The summed E-state index contributed by atoms with van der Waals surface area (Å²) < 4.78 is 24.3. The Morgan fingerprint density at radius 1 is 1.00 bits per heavy atom. The first-order valence-electron chi connectivity index (χ1n) is 14.9. The summed E-state index contributed by atoms with van der Waals surface area (Å²) in [7, 11) is 2.91. The fraction of sp³-hybridized carbons (Fsp3) is 0.222. The van der Waals surface area contributed by atoms with Crippen molar-refractivity contribution in [1.82, 2.24) is 4.57 Å². The second-order valence-corrected chi connectivity index (χ2v) is 11.6. The maximum Gasteiger partial charge on any atom is 0.338 e. The van der Waals surface area contributed by atoms with E-state index in [0.717, 1.165) is 17.2 Å². The molecule has 0 amide bonds. The Morgan fingerprint density at radius 2 is 1.83 bits per heavy atom. The van der Waals surface area contributed by atoms with Crippen LogP contribution in [0.5, 0.6) is 5.75 Å². The second kappa shape index (κ2) is 13.0. The highest BCUT2D eigenvalue weighted by molar-refractivity contribution is 7.07. The number of hydrogen-bond donors (Lipinski definition) is 0. The summed E-state index contributed by atoms with van der Waals surface area (Å²) in [5.74, 6) is 0.549. The zero-order valence-corrected chi connectivity index (χ0v) is 26.7. The Labute approximate surface area is 268 Å². The Morgan fingerprint density at radius 3 is 2.59 bits per heavy atom. The summed E-state index contributed by atoms with van der Waals surface area (Å²) >= 11 is 1.23. The zero-order chi connectivity index (χ0) is 32.4. The van der Waals surface area contributed by atoms with Gasteiger partial charge in [-0.05, 0) is 54.4 Å². The molecule has 3 heterocycles. The molecule has 0 radical (unpaired) electrons. The molecule has 0 fully saturated rings. The van der Waals surface area contributed by atoms with Crippen LogP contribution in [0.25, 0.3) is 28.2 Å². The third kappa shape index (κ3) is 5.56. The number of benzene rings is 3. The van der Waals surface area contributed by atoms with Crippen molar-refractivity contribution in [3.63, 3.8) is 0 Å². The van der Waals surface area contributed by atoms with Crippen LogP contribution in [0.4, 0.5) is 0 Å². The van der Waals surface area contributed by atoms with Crippen LogP contribution in [0.3, 0.4) is 0 Å². The SMILES string of the molecule is CCCC1=C(C(=O)OCC)C(c2c(OC)ccc3ccccc23)n2c(s/c(=C\c3ccc(-c4cccc(C(=O)OC)c4)o3)c2=O)=N1. The molecule has 1 unspecified atom stereocenters. The summed E-state index contributed by atoms with van der Waals surface area (Å²) in [6.07, 6.45) is 2.93. The molecule has 0 N–H and O–H groups in total. The van der Waals surface area contributed by atoms with Gasteiger partial charge in [-0.25, -0.2) is 14.6 Å². The Kier molecular flexibility index (Phi) is 8.72. The zero-order valence-electron chi connectivity index (χ0n) is 25.9. The van der Waals surface area contributed by atoms with Crippen LogP contribution in [0.15, 0.2) is 98.3 Å². The molecule has 2 aromatic heterocycles. The van der Waals surface area contributed by atoms with Crippen LogP contribution in [0, 0.1) is 0 Å². The molecule has 5 aromatic rings. The van der Waals surface area contributed by atoms with E-state index in [1.54, 1.807) is 55.0 Å². The smallest absolute Gasteiger partial charge is 0.338 e. The van der Waals surface area contributed by atoms with E-state index in [0.29, 0.717) is 61.0 Å². The van der Waals surface area contributed by atoms with Gasteiger partial charge < -0.3 is 18.6 Å². The highest BCUT2D eigenvalue weighted by Gasteiger charge is 2.37. The Bertz CT molecular complexity index is 2190. The third-order valence-corrected chi connectivity index (χ3v) is 8.77. The first-order valence-corrected chi connectivity index (χ1v) is 15.8. The normalized spacial score (nSPS) is 14.6. The Balaban J connectivity index is 1.56. The number of carbonyl (C=O) groups excluding carboxylic acids is 2. The molecule has 3 aromatic carbocycles. The topological polar surface area (TPSA) is 109 Å². The number of ether oxygens (including phenoxy) is 3. The van der Waals surface area contributed by atoms with E-state index in [4.69, 9.17) is 23.6 Å². The van der Waals surface area contributed by atoms with Crippen LogP contribution in [0.1, 0.15) is 54.4 Å². The van der Waals surface area contributed by atoms with Gasteiger partial charge in [-0.2, -0.15) is 0 Å². The van der Waals surface area contributed by atoms with Crippen molar-refractivity contribution in [3.05, 3.63) is 121 Å². The fourth-order valence-electron chi connectivity index (χ4n) is 5.76. The molecular weight excluding hydrogens is 604 g/mol. The third-order valence-electron chi connectivity index (χ3n) is 7.78. The van der Waals surface area contributed by atoms with Crippen LogP contribution in [-0.2, 0) is 14.3 Å². The number of hydrogen-bond acceptors (Lipinski definition) is 9. The van der Waals surface area contributed by atoms with Gasteiger partial charge in [0.05, 0.1) is 42.2 Å². The van der Waals surface area contributed by atoms with Crippen LogP contribution in [0.2, 0.25) is 0 Å². The average Bonchev–Trinajstić information content (AvgIpc) is 3.67. The minimum absolute atomic E-state index is 0.176. The van der Waals surface area contributed by atoms with Gasteiger partial charge in [0, 0.05) is 17.2 Å². The summed E-state index contributed by atoms with van der Waals surface area (Å²) in [5, 5.41) is 1.79. The molecule has 0 bridgehead atoms. The number of fused-ring (bicyclic) bond motifs is 2. The first-order chi connectivity index (χ1) is 22.4. The second-order valence-electron chi connectivity index (χ2n) is 10.6. The van der Waals surface area contributed by atoms with E-state index in [2.05, 4.69) is 0 Å². The number of methoxy groups -OCH3 is 2. The van der Waals surface area contributed by atoms with Crippen LogP contribution < -0.4 is 19.6 Å². The van der Waals surface area contributed by atoms with Crippen molar-refractivity contribution in [2.45, 2.75) is 32.7 Å². The van der Waals surface area contributed by atoms with Crippen molar-refractivity contribution >= 4 is 40.1 Å². The van der Waals surface area contributed by atoms with Crippen molar-refractivity contribution in [2.75, 3.05) is 20.8 Å². The van der Waals surface area contributed by atoms with Crippen molar-refractivity contribution in [1.29, 1.82) is 0 Å². The summed E-state index contributed by atoms with van der Waals surface area (Å²) in [4.78, 5) is 45.4.